The van der Waals surface area contributed by atoms with Crippen molar-refractivity contribution < 1.29 is 9.84 Å². The van der Waals surface area contributed by atoms with E-state index in [2.05, 4.69) is 10.3 Å². The fraction of sp³-hybridized carbons (Fsp3) is 0.636. The van der Waals surface area contributed by atoms with Gasteiger partial charge in [-0.15, -0.1) is 11.3 Å². The number of hydrogen-bond acceptors (Lipinski definition) is 4. The van der Waals surface area contributed by atoms with Crippen LogP contribution in [-0.2, 0) is 6.54 Å². The van der Waals surface area contributed by atoms with Gasteiger partial charge >= 0.3 is 0 Å². The van der Waals surface area contributed by atoms with Crippen molar-refractivity contribution in [2.75, 3.05) is 26.8 Å². The summed E-state index contributed by atoms with van der Waals surface area (Å²) in [7, 11) is 1.71. The fourth-order valence-electron chi connectivity index (χ4n) is 2.03. The second kappa shape index (κ2) is 4.96. The number of aliphatic hydroxyl groups is 1. The maximum atomic E-state index is 9.06. The van der Waals surface area contributed by atoms with Crippen LogP contribution in [0.5, 0.6) is 5.75 Å². The molecule has 3 nitrogen and oxygen atoms in total. The SMILES string of the molecule is COc1ccsc1CN1CCC(CO)C1. The quantitative estimate of drug-likeness (QED) is 0.847. The van der Waals surface area contributed by atoms with Gasteiger partial charge in [-0.3, -0.25) is 4.90 Å². The van der Waals surface area contributed by atoms with Gasteiger partial charge in [0, 0.05) is 19.7 Å². The molecule has 0 amide bonds. The van der Waals surface area contributed by atoms with Crippen LogP contribution in [0.2, 0.25) is 0 Å². The molecule has 1 aromatic rings. The van der Waals surface area contributed by atoms with Crippen LogP contribution in [-0.4, -0.2) is 36.8 Å². The molecule has 15 heavy (non-hydrogen) atoms. The number of methoxy groups -OCH3 is 1. The molecule has 1 aliphatic heterocycles. The van der Waals surface area contributed by atoms with E-state index in [0.717, 1.165) is 31.8 Å². The summed E-state index contributed by atoms with van der Waals surface area (Å²) in [6.07, 6.45) is 1.12. The van der Waals surface area contributed by atoms with Crippen LogP contribution >= 0.6 is 11.3 Å². The Kier molecular flexibility index (Phi) is 3.61. The van der Waals surface area contributed by atoms with Crippen LogP contribution in [0.25, 0.3) is 0 Å². The predicted octanol–water partition coefficient (Wildman–Crippen LogP) is 1.57. The average molecular weight is 227 g/mol. The fourth-order valence-corrected chi connectivity index (χ4v) is 2.92. The second-order valence-corrected chi connectivity index (χ2v) is 4.99. The lowest BCUT2D eigenvalue weighted by Crippen LogP contribution is -2.20. The summed E-state index contributed by atoms with van der Waals surface area (Å²) in [4.78, 5) is 3.67. The topological polar surface area (TPSA) is 32.7 Å². The highest BCUT2D eigenvalue weighted by atomic mass is 32.1. The van der Waals surface area contributed by atoms with Gasteiger partial charge in [0.05, 0.1) is 12.0 Å². The third-order valence-corrected chi connectivity index (χ3v) is 3.81. The average Bonchev–Trinajstić information content (AvgIpc) is 2.87. The Morgan fingerprint density at radius 2 is 2.53 bits per heavy atom. The Labute approximate surface area is 94.3 Å². The van der Waals surface area contributed by atoms with Gasteiger partial charge < -0.3 is 9.84 Å². The monoisotopic (exact) mass is 227 g/mol. The Hall–Kier alpha value is -0.580. The molecule has 0 aliphatic carbocycles. The molecule has 1 fully saturated rings. The number of nitrogens with zero attached hydrogens (tertiary/aromatic N) is 1. The van der Waals surface area contributed by atoms with Crippen molar-refractivity contribution in [3.63, 3.8) is 0 Å². The first-order chi connectivity index (χ1) is 7.33. The van der Waals surface area contributed by atoms with Crippen LogP contribution in [0.3, 0.4) is 0 Å². The van der Waals surface area contributed by atoms with Crippen molar-refractivity contribution in [2.45, 2.75) is 13.0 Å². The van der Waals surface area contributed by atoms with Gasteiger partial charge in [-0.05, 0) is 30.3 Å². The van der Waals surface area contributed by atoms with E-state index in [1.54, 1.807) is 18.4 Å². The third kappa shape index (κ3) is 2.51. The van der Waals surface area contributed by atoms with Crippen LogP contribution in [0.1, 0.15) is 11.3 Å². The molecule has 1 N–H and O–H groups in total. The lowest BCUT2D eigenvalue weighted by molar-refractivity contribution is 0.220. The van der Waals surface area contributed by atoms with Crippen molar-refractivity contribution in [3.05, 3.63) is 16.3 Å². The summed E-state index contributed by atoms with van der Waals surface area (Å²) in [6.45, 7) is 3.37. The van der Waals surface area contributed by atoms with Crippen molar-refractivity contribution in [1.29, 1.82) is 0 Å². The molecule has 0 spiro atoms. The molecule has 0 radical (unpaired) electrons. The van der Waals surface area contributed by atoms with Crippen LogP contribution in [0.4, 0.5) is 0 Å². The number of likely N-dealkylation sites (tertiary alicyclic amines) is 1. The second-order valence-electron chi connectivity index (χ2n) is 3.98. The Balaban J connectivity index is 1.92. The van der Waals surface area contributed by atoms with Crippen LogP contribution in [0, 0.1) is 5.92 Å². The number of thiophene rings is 1. The minimum absolute atomic E-state index is 0.318. The lowest BCUT2D eigenvalue weighted by atomic mass is 10.1. The zero-order valence-corrected chi connectivity index (χ0v) is 9.80. The Morgan fingerprint density at radius 1 is 1.67 bits per heavy atom. The first-order valence-corrected chi connectivity index (χ1v) is 6.15. The molecule has 84 valence electrons. The molecule has 1 atom stereocenters. The minimum atomic E-state index is 0.318. The number of hydrogen-bond donors (Lipinski definition) is 1. The molecule has 1 unspecified atom stereocenters. The molecule has 2 rings (SSSR count). The first kappa shape index (κ1) is 10.9. The van der Waals surface area contributed by atoms with Crippen molar-refractivity contribution in [2.24, 2.45) is 5.92 Å². The highest BCUT2D eigenvalue weighted by Crippen LogP contribution is 2.28. The standard InChI is InChI=1S/C11H17NO2S/c1-14-10-3-5-15-11(10)7-12-4-2-9(6-12)8-13/h3,5,9,13H,2,4,6-8H2,1H3. The minimum Gasteiger partial charge on any atom is -0.496 e. The summed E-state index contributed by atoms with van der Waals surface area (Å²) in [6, 6.07) is 2.01. The van der Waals surface area contributed by atoms with Gasteiger partial charge in [-0.1, -0.05) is 0 Å². The maximum absolute atomic E-state index is 9.06. The van der Waals surface area contributed by atoms with Crippen LogP contribution in [0.15, 0.2) is 11.4 Å². The smallest absolute Gasteiger partial charge is 0.134 e. The number of rotatable bonds is 4. The van der Waals surface area contributed by atoms with E-state index in [0.29, 0.717) is 12.5 Å². The van der Waals surface area contributed by atoms with Crippen molar-refractivity contribution in [1.82, 2.24) is 4.90 Å². The van der Waals surface area contributed by atoms with E-state index >= 15 is 0 Å². The highest BCUT2D eigenvalue weighted by molar-refractivity contribution is 7.10. The van der Waals surface area contributed by atoms with E-state index in [4.69, 9.17) is 9.84 Å². The summed E-state index contributed by atoms with van der Waals surface area (Å²) < 4.78 is 5.28. The predicted molar refractivity (Wildman–Crippen MR) is 61.3 cm³/mol. The summed E-state index contributed by atoms with van der Waals surface area (Å²) in [5.74, 6) is 1.46. The van der Waals surface area contributed by atoms with E-state index in [9.17, 15) is 0 Å². The molecular weight excluding hydrogens is 210 g/mol. The molecule has 0 saturated carbocycles. The molecule has 0 aromatic carbocycles. The van der Waals surface area contributed by atoms with E-state index < -0.39 is 0 Å². The molecule has 1 aliphatic rings. The molecule has 2 heterocycles. The molecule has 4 heteroatoms. The zero-order valence-electron chi connectivity index (χ0n) is 8.98. The first-order valence-electron chi connectivity index (χ1n) is 5.27. The highest BCUT2D eigenvalue weighted by Gasteiger charge is 2.22. The number of ether oxygens (including phenoxy) is 1. The molecule has 0 bridgehead atoms. The lowest BCUT2D eigenvalue weighted by Gasteiger charge is -2.15. The third-order valence-electron chi connectivity index (χ3n) is 2.92. The summed E-state index contributed by atoms with van der Waals surface area (Å²) >= 11 is 1.74. The van der Waals surface area contributed by atoms with Gasteiger partial charge in [-0.2, -0.15) is 0 Å². The van der Waals surface area contributed by atoms with Crippen LogP contribution < -0.4 is 4.74 Å². The van der Waals surface area contributed by atoms with E-state index in [1.807, 2.05) is 6.07 Å². The van der Waals surface area contributed by atoms with E-state index in [-0.39, 0.29) is 0 Å². The van der Waals surface area contributed by atoms with Gasteiger partial charge in [0.1, 0.15) is 5.75 Å². The molecule has 1 saturated heterocycles. The van der Waals surface area contributed by atoms with E-state index in [1.165, 1.54) is 4.88 Å². The largest absolute Gasteiger partial charge is 0.496 e. The van der Waals surface area contributed by atoms with Gasteiger partial charge in [-0.25, -0.2) is 0 Å². The van der Waals surface area contributed by atoms with Gasteiger partial charge in [0.25, 0.3) is 0 Å². The van der Waals surface area contributed by atoms with Crippen molar-refractivity contribution in [3.8, 4) is 5.75 Å². The van der Waals surface area contributed by atoms with Gasteiger partial charge in [0.2, 0.25) is 0 Å². The normalized spacial score (nSPS) is 22.1. The van der Waals surface area contributed by atoms with Gasteiger partial charge in [0.15, 0.2) is 0 Å². The van der Waals surface area contributed by atoms with Crippen molar-refractivity contribution >= 4 is 11.3 Å². The molecular formula is C11H17NO2S. The summed E-state index contributed by atoms with van der Waals surface area (Å²) in [5, 5.41) is 11.1. The maximum Gasteiger partial charge on any atom is 0.134 e. The molecule has 1 aromatic heterocycles. The number of aliphatic hydroxyl groups excluding tert-OH is 1. The Bertz CT molecular complexity index is 313. The summed E-state index contributed by atoms with van der Waals surface area (Å²) in [5.41, 5.74) is 0. The zero-order chi connectivity index (χ0) is 10.7. The Morgan fingerprint density at radius 3 is 3.20 bits per heavy atom.